The van der Waals surface area contributed by atoms with E-state index >= 15 is 0 Å². The van der Waals surface area contributed by atoms with Gasteiger partial charge in [-0.25, -0.2) is 14.4 Å². The summed E-state index contributed by atoms with van der Waals surface area (Å²) in [6.07, 6.45) is -0.155. The Kier molecular flexibility index (Phi) is 6.31. The van der Waals surface area contributed by atoms with Crippen LogP contribution in [0, 0.1) is 0 Å². The van der Waals surface area contributed by atoms with Gasteiger partial charge in [-0.15, -0.1) is 0 Å². The highest BCUT2D eigenvalue weighted by Gasteiger charge is 2.20. The monoisotopic (exact) mass is 306 g/mol. The lowest BCUT2D eigenvalue weighted by molar-refractivity contribution is -0.146. The largest absolute Gasteiger partial charge is 0.478 e. The summed E-state index contributed by atoms with van der Waals surface area (Å²) in [5, 5.41) is 9.03. The molecule has 0 spiro atoms. The van der Waals surface area contributed by atoms with Gasteiger partial charge in [0.2, 0.25) is 0 Å². The molecule has 0 radical (unpaired) electrons. The molecule has 0 aromatic heterocycles. The summed E-state index contributed by atoms with van der Waals surface area (Å²) >= 11 is 0. The van der Waals surface area contributed by atoms with Crippen molar-refractivity contribution in [3.8, 4) is 0 Å². The first-order valence-electron chi connectivity index (χ1n) is 6.72. The van der Waals surface area contributed by atoms with Gasteiger partial charge in [-0.2, -0.15) is 0 Å². The standard InChI is InChI=1S/C16H18O6/c1-4-11(22-15(19)10(2)3)9-21-16(20)13-8-6-5-7-12(13)14(17)18/h5-8,11H,2,4,9H2,1,3H3,(H,17,18). The van der Waals surface area contributed by atoms with Crippen molar-refractivity contribution in [1.82, 2.24) is 0 Å². The average Bonchev–Trinajstić information content (AvgIpc) is 2.50. The van der Waals surface area contributed by atoms with Crippen LogP contribution in [0.1, 0.15) is 41.0 Å². The molecule has 6 heteroatoms. The Morgan fingerprint density at radius 1 is 1.23 bits per heavy atom. The minimum absolute atomic E-state index is 0.0453. The first kappa shape index (κ1) is 17.4. The van der Waals surface area contributed by atoms with Crippen LogP contribution in [0.15, 0.2) is 36.4 Å². The van der Waals surface area contributed by atoms with E-state index in [0.29, 0.717) is 6.42 Å². The highest BCUT2D eigenvalue weighted by Crippen LogP contribution is 2.12. The van der Waals surface area contributed by atoms with Crippen LogP contribution in [0.25, 0.3) is 0 Å². The first-order valence-corrected chi connectivity index (χ1v) is 6.72. The molecular formula is C16H18O6. The van der Waals surface area contributed by atoms with E-state index in [0.717, 1.165) is 0 Å². The number of benzene rings is 1. The summed E-state index contributed by atoms with van der Waals surface area (Å²) in [6, 6.07) is 5.75. The number of rotatable bonds is 7. The van der Waals surface area contributed by atoms with Gasteiger partial charge >= 0.3 is 17.9 Å². The Morgan fingerprint density at radius 2 is 1.82 bits per heavy atom. The molecule has 0 amide bonds. The van der Waals surface area contributed by atoms with E-state index < -0.39 is 24.0 Å². The molecule has 0 heterocycles. The molecule has 0 aliphatic heterocycles. The van der Waals surface area contributed by atoms with Crippen molar-refractivity contribution in [1.29, 1.82) is 0 Å². The van der Waals surface area contributed by atoms with Crippen LogP contribution < -0.4 is 0 Å². The fraction of sp³-hybridized carbons (Fsp3) is 0.312. The molecule has 0 saturated heterocycles. The quantitative estimate of drug-likeness (QED) is 0.614. The average molecular weight is 306 g/mol. The Bertz CT molecular complexity index is 590. The molecular weight excluding hydrogens is 288 g/mol. The molecule has 1 rings (SSSR count). The fourth-order valence-electron chi connectivity index (χ4n) is 1.58. The van der Waals surface area contributed by atoms with Gasteiger partial charge in [-0.05, 0) is 25.5 Å². The Labute approximate surface area is 128 Å². The van der Waals surface area contributed by atoms with Crippen LogP contribution in [0.3, 0.4) is 0 Å². The third kappa shape index (κ3) is 4.73. The van der Waals surface area contributed by atoms with Gasteiger partial charge in [0.05, 0.1) is 11.1 Å². The van der Waals surface area contributed by atoms with E-state index in [-0.39, 0.29) is 23.3 Å². The van der Waals surface area contributed by atoms with Crippen molar-refractivity contribution < 1.29 is 29.0 Å². The molecule has 1 aromatic rings. The summed E-state index contributed by atoms with van der Waals surface area (Å²) in [6.45, 7) is 6.61. The molecule has 0 saturated carbocycles. The molecule has 6 nitrogen and oxygen atoms in total. The van der Waals surface area contributed by atoms with Gasteiger partial charge in [0.25, 0.3) is 0 Å². The first-order chi connectivity index (χ1) is 10.4. The topological polar surface area (TPSA) is 89.9 Å². The predicted molar refractivity (Wildman–Crippen MR) is 78.7 cm³/mol. The summed E-state index contributed by atoms with van der Waals surface area (Å²) < 4.78 is 10.1. The Hall–Kier alpha value is -2.63. The molecule has 0 fully saturated rings. The zero-order valence-electron chi connectivity index (χ0n) is 12.5. The Morgan fingerprint density at radius 3 is 2.32 bits per heavy atom. The number of hydrogen-bond donors (Lipinski definition) is 1. The smallest absolute Gasteiger partial charge is 0.339 e. The van der Waals surface area contributed by atoms with E-state index in [9.17, 15) is 14.4 Å². The van der Waals surface area contributed by atoms with Crippen LogP contribution in [-0.4, -0.2) is 35.7 Å². The van der Waals surface area contributed by atoms with Crippen molar-refractivity contribution in [3.63, 3.8) is 0 Å². The lowest BCUT2D eigenvalue weighted by Crippen LogP contribution is -2.25. The SMILES string of the molecule is C=C(C)C(=O)OC(CC)COC(=O)c1ccccc1C(=O)O. The number of carbonyl (C=O) groups excluding carboxylic acids is 2. The second-order valence-electron chi connectivity index (χ2n) is 4.67. The van der Waals surface area contributed by atoms with Gasteiger partial charge in [0, 0.05) is 5.57 Å². The zero-order valence-corrected chi connectivity index (χ0v) is 12.5. The van der Waals surface area contributed by atoms with Crippen LogP contribution >= 0.6 is 0 Å². The third-order valence-corrected chi connectivity index (χ3v) is 2.86. The van der Waals surface area contributed by atoms with E-state index in [2.05, 4.69) is 6.58 Å². The van der Waals surface area contributed by atoms with E-state index in [1.807, 2.05) is 0 Å². The van der Waals surface area contributed by atoms with E-state index in [1.165, 1.54) is 25.1 Å². The number of ether oxygens (including phenoxy) is 2. The number of carboxylic acid groups (broad SMARTS) is 1. The summed E-state index contributed by atoms with van der Waals surface area (Å²) in [5.41, 5.74) is 0.0663. The van der Waals surface area contributed by atoms with Crippen LogP contribution in [0.4, 0.5) is 0 Å². The van der Waals surface area contributed by atoms with Crippen molar-refractivity contribution >= 4 is 17.9 Å². The van der Waals surface area contributed by atoms with Gasteiger partial charge in [0.15, 0.2) is 0 Å². The van der Waals surface area contributed by atoms with Gasteiger partial charge < -0.3 is 14.6 Å². The summed E-state index contributed by atoms with van der Waals surface area (Å²) in [7, 11) is 0. The molecule has 118 valence electrons. The van der Waals surface area contributed by atoms with Crippen molar-refractivity contribution in [2.45, 2.75) is 26.4 Å². The summed E-state index contributed by atoms with van der Waals surface area (Å²) in [5.74, 6) is -2.55. The van der Waals surface area contributed by atoms with E-state index in [4.69, 9.17) is 14.6 Å². The van der Waals surface area contributed by atoms with Crippen LogP contribution in [-0.2, 0) is 14.3 Å². The molecule has 1 aromatic carbocycles. The number of carboxylic acids is 1. The van der Waals surface area contributed by atoms with Gasteiger partial charge in [-0.1, -0.05) is 25.6 Å². The van der Waals surface area contributed by atoms with Crippen LogP contribution in [0.2, 0.25) is 0 Å². The lowest BCUT2D eigenvalue weighted by Gasteiger charge is -2.16. The van der Waals surface area contributed by atoms with Crippen molar-refractivity contribution in [3.05, 3.63) is 47.5 Å². The molecule has 1 unspecified atom stereocenters. The second kappa shape index (κ2) is 7.97. The molecule has 0 aliphatic rings. The zero-order chi connectivity index (χ0) is 16.7. The Balaban J connectivity index is 2.71. The molecule has 1 N–H and O–H groups in total. The predicted octanol–water partition coefficient (Wildman–Crippen LogP) is 2.44. The maximum Gasteiger partial charge on any atom is 0.339 e. The van der Waals surface area contributed by atoms with Crippen molar-refractivity contribution in [2.75, 3.05) is 6.61 Å². The minimum atomic E-state index is -1.21. The highest BCUT2D eigenvalue weighted by atomic mass is 16.6. The van der Waals surface area contributed by atoms with E-state index in [1.54, 1.807) is 13.0 Å². The molecule has 0 bridgehead atoms. The minimum Gasteiger partial charge on any atom is -0.478 e. The number of hydrogen-bond acceptors (Lipinski definition) is 5. The third-order valence-electron chi connectivity index (χ3n) is 2.86. The maximum absolute atomic E-state index is 12.0. The highest BCUT2D eigenvalue weighted by molar-refractivity contribution is 6.02. The fourth-order valence-corrected chi connectivity index (χ4v) is 1.58. The second-order valence-corrected chi connectivity index (χ2v) is 4.67. The summed E-state index contributed by atoms with van der Waals surface area (Å²) in [4.78, 5) is 34.5. The van der Waals surface area contributed by atoms with Gasteiger partial charge in [-0.3, -0.25) is 0 Å². The molecule has 1 atom stereocenters. The van der Waals surface area contributed by atoms with Crippen LogP contribution in [0.5, 0.6) is 0 Å². The molecule has 0 aliphatic carbocycles. The number of carbonyl (C=O) groups is 3. The normalized spacial score (nSPS) is 11.4. The maximum atomic E-state index is 12.0. The van der Waals surface area contributed by atoms with Crippen molar-refractivity contribution in [2.24, 2.45) is 0 Å². The van der Waals surface area contributed by atoms with Gasteiger partial charge in [0.1, 0.15) is 12.7 Å². The molecule has 22 heavy (non-hydrogen) atoms. The number of aromatic carboxylic acids is 1. The number of esters is 2. The lowest BCUT2D eigenvalue weighted by atomic mass is 10.1.